The molecule has 1 saturated heterocycles. The van der Waals surface area contributed by atoms with Crippen LogP contribution in [0.3, 0.4) is 0 Å². The highest BCUT2D eigenvalue weighted by molar-refractivity contribution is 5.99. The van der Waals surface area contributed by atoms with E-state index < -0.39 is 5.60 Å². The molecule has 15 heavy (non-hydrogen) atoms. The van der Waals surface area contributed by atoms with Crippen molar-refractivity contribution in [2.45, 2.75) is 44.8 Å². The molecule has 4 bridgehead atoms. The number of hydrogen-bond acceptors (Lipinski definition) is 3. The third-order valence-electron chi connectivity index (χ3n) is 5.13. The van der Waals surface area contributed by atoms with Crippen LogP contribution in [0, 0.1) is 11.3 Å². The minimum absolute atomic E-state index is 0.265. The Hall–Kier alpha value is -0.410. The lowest BCUT2D eigenvalue weighted by molar-refractivity contribution is -0.173. The number of ether oxygens (including phenoxy) is 2. The van der Waals surface area contributed by atoms with E-state index in [1.807, 2.05) is 6.92 Å². The van der Waals surface area contributed by atoms with Gasteiger partial charge in [0.1, 0.15) is 0 Å². The summed E-state index contributed by atoms with van der Waals surface area (Å²) in [6, 6.07) is 0. The molecule has 0 amide bonds. The Morgan fingerprint density at radius 3 is 2.80 bits per heavy atom. The third kappa shape index (κ3) is 0.742. The summed E-state index contributed by atoms with van der Waals surface area (Å²) in [7, 11) is 0. The van der Waals surface area contributed by atoms with Gasteiger partial charge in [-0.15, -0.1) is 0 Å². The minimum atomic E-state index is -0.601. The molecule has 0 radical (unpaired) electrons. The number of rotatable bonds is 2. The van der Waals surface area contributed by atoms with Gasteiger partial charge in [0.05, 0.1) is 17.6 Å². The second-order valence-corrected chi connectivity index (χ2v) is 5.47. The summed E-state index contributed by atoms with van der Waals surface area (Å²) in [5.41, 5.74) is -1.17. The van der Waals surface area contributed by atoms with Crippen molar-refractivity contribution < 1.29 is 14.3 Å². The third-order valence-corrected chi connectivity index (χ3v) is 5.13. The number of Topliss-reactive ketones (excluding diaryl/α,β-unsaturated/α-hetero) is 1. The van der Waals surface area contributed by atoms with E-state index in [1.54, 1.807) is 0 Å². The van der Waals surface area contributed by atoms with Gasteiger partial charge in [-0.05, 0) is 33.6 Å². The van der Waals surface area contributed by atoms with Gasteiger partial charge in [-0.25, -0.2) is 0 Å². The molecule has 84 valence electrons. The maximum absolute atomic E-state index is 12.5. The van der Waals surface area contributed by atoms with Crippen molar-refractivity contribution >= 4 is 5.78 Å². The summed E-state index contributed by atoms with van der Waals surface area (Å²) in [6.07, 6.45) is 2.03. The highest BCUT2D eigenvalue weighted by Gasteiger charge is 2.80. The molecule has 2 saturated carbocycles. The number of carbonyl (C=O) groups is 1. The first-order valence-electron chi connectivity index (χ1n) is 5.84. The lowest BCUT2D eigenvalue weighted by Gasteiger charge is -2.40. The average molecular weight is 210 g/mol. The fourth-order valence-electron chi connectivity index (χ4n) is 4.13. The van der Waals surface area contributed by atoms with Crippen molar-refractivity contribution in [2.24, 2.45) is 11.3 Å². The first-order chi connectivity index (χ1) is 7.01. The zero-order valence-electron chi connectivity index (χ0n) is 9.63. The molecule has 3 rings (SSSR count). The van der Waals surface area contributed by atoms with Crippen molar-refractivity contribution in [1.29, 1.82) is 0 Å². The SMILES string of the molecule is CCO[C@@]12CO[C@]3(C)[C@@H]1CC[C@]3(C)C2=O. The van der Waals surface area contributed by atoms with Crippen LogP contribution in [0.4, 0.5) is 0 Å². The summed E-state index contributed by atoms with van der Waals surface area (Å²) in [5, 5.41) is 0. The maximum Gasteiger partial charge on any atom is 0.176 e. The van der Waals surface area contributed by atoms with Gasteiger partial charge in [-0.1, -0.05) is 0 Å². The molecule has 0 spiro atoms. The Kier molecular flexibility index (Phi) is 1.61. The number of ketones is 1. The molecule has 2 aliphatic carbocycles. The lowest BCUT2D eigenvalue weighted by Crippen LogP contribution is -2.54. The molecule has 0 aromatic rings. The highest BCUT2D eigenvalue weighted by Crippen LogP contribution is 2.68. The molecule has 3 aliphatic rings. The smallest absolute Gasteiger partial charge is 0.176 e. The largest absolute Gasteiger partial charge is 0.370 e. The van der Waals surface area contributed by atoms with Gasteiger partial charge < -0.3 is 9.47 Å². The Bertz CT molecular complexity index is 336. The molecular formula is C12H18O3. The van der Waals surface area contributed by atoms with E-state index in [2.05, 4.69) is 13.8 Å². The number of carbonyl (C=O) groups excluding carboxylic acids is 1. The molecule has 0 unspecified atom stereocenters. The monoisotopic (exact) mass is 210 g/mol. The standard InChI is InChI=1S/C12H18O3/c1-4-14-12-7-15-11(3)8(12)5-6-10(11,2)9(12)13/h8H,4-7H2,1-3H3/t8-,10+,11+,12-/m0/s1. The van der Waals surface area contributed by atoms with E-state index in [-0.39, 0.29) is 16.9 Å². The van der Waals surface area contributed by atoms with Crippen LogP contribution in [-0.4, -0.2) is 30.2 Å². The summed E-state index contributed by atoms with van der Waals surface area (Å²) < 4.78 is 11.7. The molecule has 3 heteroatoms. The number of hydrogen-bond donors (Lipinski definition) is 0. The quantitative estimate of drug-likeness (QED) is 0.693. The predicted molar refractivity (Wildman–Crippen MR) is 54.6 cm³/mol. The predicted octanol–water partition coefficient (Wildman–Crippen LogP) is 1.55. The van der Waals surface area contributed by atoms with Gasteiger partial charge in [0, 0.05) is 12.5 Å². The van der Waals surface area contributed by atoms with Gasteiger partial charge in [0.2, 0.25) is 0 Å². The molecule has 0 aromatic heterocycles. The van der Waals surface area contributed by atoms with E-state index in [1.165, 1.54) is 0 Å². The zero-order chi connectivity index (χ0) is 10.9. The summed E-state index contributed by atoms with van der Waals surface area (Å²) in [6.45, 7) is 7.16. The zero-order valence-corrected chi connectivity index (χ0v) is 9.63. The van der Waals surface area contributed by atoms with Crippen molar-refractivity contribution in [1.82, 2.24) is 0 Å². The minimum Gasteiger partial charge on any atom is -0.370 e. The fraction of sp³-hybridized carbons (Fsp3) is 0.917. The lowest BCUT2D eigenvalue weighted by atomic mass is 9.74. The van der Waals surface area contributed by atoms with Gasteiger partial charge >= 0.3 is 0 Å². The van der Waals surface area contributed by atoms with Crippen LogP contribution in [0.25, 0.3) is 0 Å². The first kappa shape index (κ1) is 9.79. The Labute approximate surface area is 90.1 Å². The first-order valence-corrected chi connectivity index (χ1v) is 5.84. The molecule has 1 heterocycles. The van der Waals surface area contributed by atoms with Crippen molar-refractivity contribution in [3.8, 4) is 0 Å². The average Bonchev–Trinajstić information content (AvgIpc) is 2.67. The van der Waals surface area contributed by atoms with E-state index in [9.17, 15) is 4.79 Å². The van der Waals surface area contributed by atoms with Gasteiger partial charge in [0.25, 0.3) is 0 Å². The summed E-state index contributed by atoms with van der Waals surface area (Å²) in [5.74, 6) is 0.573. The Morgan fingerprint density at radius 2 is 2.27 bits per heavy atom. The van der Waals surface area contributed by atoms with Crippen LogP contribution in [0.15, 0.2) is 0 Å². The van der Waals surface area contributed by atoms with Crippen molar-refractivity contribution in [3.05, 3.63) is 0 Å². The fourth-order valence-corrected chi connectivity index (χ4v) is 4.13. The molecule has 0 N–H and O–H groups in total. The van der Waals surface area contributed by atoms with Crippen LogP contribution < -0.4 is 0 Å². The molecule has 3 nitrogen and oxygen atoms in total. The van der Waals surface area contributed by atoms with Crippen LogP contribution in [-0.2, 0) is 14.3 Å². The normalized spacial score (nSPS) is 56.7. The molecule has 4 atom stereocenters. The van der Waals surface area contributed by atoms with Crippen LogP contribution >= 0.6 is 0 Å². The van der Waals surface area contributed by atoms with Gasteiger partial charge in [-0.3, -0.25) is 4.79 Å². The molecular weight excluding hydrogens is 192 g/mol. The maximum atomic E-state index is 12.5. The van der Waals surface area contributed by atoms with E-state index in [0.717, 1.165) is 12.8 Å². The van der Waals surface area contributed by atoms with E-state index in [4.69, 9.17) is 9.47 Å². The summed E-state index contributed by atoms with van der Waals surface area (Å²) >= 11 is 0. The van der Waals surface area contributed by atoms with Crippen LogP contribution in [0.2, 0.25) is 0 Å². The highest BCUT2D eigenvalue weighted by atomic mass is 16.6. The van der Waals surface area contributed by atoms with Crippen LogP contribution in [0.1, 0.15) is 33.6 Å². The summed E-state index contributed by atoms with van der Waals surface area (Å²) in [4.78, 5) is 12.5. The van der Waals surface area contributed by atoms with Crippen LogP contribution in [0.5, 0.6) is 0 Å². The topological polar surface area (TPSA) is 35.5 Å². The van der Waals surface area contributed by atoms with E-state index >= 15 is 0 Å². The second-order valence-electron chi connectivity index (χ2n) is 5.47. The Balaban J connectivity index is 2.12. The molecule has 1 aliphatic heterocycles. The second kappa shape index (κ2) is 2.46. The van der Waals surface area contributed by atoms with Gasteiger partial charge in [-0.2, -0.15) is 0 Å². The van der Waals surface area contributed by atoms with Gasteiger partial charge in [0.15, 0.2) is 11.4 Å². The van der Waals surface area contributed by atoms with Crippen molar-refractivity contribution in [2.75, 3.05) is 13.2 Å². The molecule has 0 aromatic carbocycles. The van der Waals surface area contributed by atoms with E-state index in [0.29, 0.717) is 19.0 Å². The van der Waals surface area contributed by atoms with Crippen molar-refractivity contribution in [3.63, 3.8) is 0 Å². The molecule has 3 fully saturated rings. The Morgan fingerprint density at radius 1 is 1.53 bits per heavy atom.